The standard InChI is InChI=1S/C14H19F3N2O4S2/c1-23-13(20)12-11(4-7-24-12)25(21,22)18-8-10-2-5-19(6-3-10)9-14(15,16)17/h4,7,10,18H,2-3,5-6,8-9H2,1H3. The number of carbonyl (C=O) groups excluding carboxylic acids is 1. The summed E-state index contributed by atoms with van der Waals surface area (Å²) >= 11 is 0.969. The number of thiophene rings is 1. The Labute approximate surface area is 148 Å². The van der Waals surface area contributed by atoms with Gasteiger partial charge in [0.05, 0.1) is 13.7 Å². The van der Waals surface area contributed by atoms with Gasteiger partial charge in [0.25, 0.3) is 0 Å². The molecule has 142 valence electrons. The number of hydrogen-bond acceptors (Lipinski definition) is 6. The fraction of sp³-hybridized carbons (Fsp3) is 0.643. The van der Waals surface area contributed by atoms with E-state index in [4.69, 9.17) is 0 Å². The van der Waals surface area contributed by atoms with Crippen molar-refractivity contribution in [3.8, 4) is 0 Å². The van der Waals surface area contributed by atoms with Crippen molar-refractivity contribution >= 4 is 27.3 Å². The molecule has 1 aromatic heterocycles. The largest absolute Gasteiger partial charge is 0.465 e. The number of alkyl halides is 3. The van der Waals surface area contributed by atoms with E-state index >= 15 is 0 Å². The molecule has 0 amide bonds. The van der Waals surface area contributed by atoms with Gasteiger partial charge in [-0.3, -0.25) is 4.90 Å². The molecule has 0 aliphatic carbocycles. The van der Waals surface area contributed by atoms with Crippen LogP contribution < -0.4 is 4.72 Å². The Morgan fingerprint density at radius 2 is 2.04 bits per heavy atom. The first-order valence-electron chi connectivity index (χ1n) is 7.57. The maximum atomic E-state index is 12.4. The molecule has 1 aliphatic rings. The number of esters is 1. The van der Waals surface area contributed by atoms with Crippen LogP contribution in [-0.2, 0) is 14.8 Å². The van der Waals surface area contributed by atoms with E-state index in [0.717, 1.165) is 11.3 Å². The maximum Gasteiger partial charge on any atom is 0.401 e. The molecule has 1 aliphatic heterocycles. The van der Waals surface area contributed by atoms with Crippen LogP contribution in [0.2, 0.25) is 0 Å². The Hall–Kier alpha value is -1.17. The Balaban J connectivity index is 1.90. The van der Waals surface area contributed by atoms with Gasteiger partial charge < -0.3 is 4.74 Å². The molecule has 0 aromatic carbocycles. The number of piperidine rings is 1. The number of sulfonamides is 1. The number of carbonyl (C=O) groups is 1. The van der Waals surface area contributed by atoms with E-state index in [9.17, 15) is 26.4 Å². The molecule has 0 radical (unpaired) electrons. The Kier molecular flexibility index (Phi) is 6.46. The van der Waals surface area contributed by atoms with E-state index in [-0.39, 0.29) is 35.3 Å². The van der Waals surface area contributed by atoms with Crippen LogP contribution in [0.25, 0.3) is 0 Å². The highest BCUT2D eigenvalue weighted by Crippen LogP contribution is 2.25. The fourth-order valence-electron chi connectivity index (χ4n) is 2.66. The number of hydrogen-bond donors (Lipinski definition) is 1. The molecular formula is C14H19F3N2O4S2. The van der Waals surface area contributed by atoms with E-state index in [1.807, 2.05) is 0 Å². The van der Waals surface area contributed by atoms with Crippen LogP contribution in [0, 0.1) is 5.92 Å². The van der Waals surface area contributed by atoms with Gasteiger partial charge in [-0.05, 0) is 43.3 Å². The molecule has 0 spiro atoms. The number of halogens is 3. The third-order valence-corrected chi connectivity index (χ3v) is 6.45. The smallest absolute Gasteiger partial charge is 0.401 e. The normalized spacial score (nSPS) is 17.6. The molecule has 2 rings (SSSR count). The minimum absolute atomic E-state index is 0.00463. The van der Waals surface area contributed by atoms with Gasteiger partial charge in [-0.2, -0.15) is 13.2 Å². The second-order valence-corrected chi connectivity index (χ2v) is 8.44. The Bertz CT molecular complexity index is 695. The zero-order valence-corrected chi connectivity index (χ0v) is 15.1. The van der Waals surface area contributed by atoms with Crippen molar-refractivity contribution < 1.29 is 31.1 Å². The highest BCUT2D eigenvalue weighted by atomic mass is 32.2. The van der Waals surface area contributed by atoms with Gasteiger partial charge in [-0.15, -0.1) is 11.3 Å². The van der Waals surface area contributed by atoms with Crippen LogP contribution in [0.5, 0.6) is 0 Å². The second kappa shape index (κ2) is 8.02. The summed E-state index contributed by atoms with van der Waals surface area (Å²) in [5.41, 5.74) is 0. The zero-order chi connectivity index (χ0) is 18.7. The van der Waals surface area contributed by atoms with Crippen molar-refractivity contribution in [2.45, 2.75) is 23.9 Å². The van der Waals surface area contributed by atoms with Gasteiger partial charge in [-0.25, -0.2) is 17.9 Å². The minimum Gasteiger partial charge on any atom is -0.465 e. The lowest BCUT2D eigenvalue weighted by Gasteiger charge is -2.32. The third-order valence-electron chi connectivity index (χ3n) is 3.96. The molecule has 25 heavy (non-hydrogen) atoms. The number of methoxy groups -OCH3 is 1. The van der Waals surface area contributed by atoms with Crippen LogP contribution in [0.1, 0.15) is 22.5 Å². The molecule has 1 saturated heterocycles. The topological polar surface area (TPSA) is 75.7 Å². The summed E-state index contributed by atoms with van der Waals surface area (Å²) in [4.78, 5) is 12.8. The van der Waals surface area contributed by atoms with Crippen molar-refractivity contribution in [2.75, 3.05) is 33.3 Å². The second-order valence-electron chi connectivity index (χ2n) is 5.79. The predicted octanol–water partition coefficient (Wildman–Crippen LogP) is 2.09. The molecule has 1 N–H and O–H groups in total. The molecule has 0 atom stereocenters. The highest BCUT2D eigenvalue weighted by Gasteiger charge is 2.33. The molecule has 0 bridgehead atoms. The number of nitrogens with one attached hydrogen (secondary N) is 1. The molecule has 1 aromatic rings. The number of ether oxygens (including phenoxy) is 1. The van der Waals surface area contributed by atoms with Crippen molar-refractivity contribution in [3.05, 3.63) is 16.3 Å². The van der Waals surface area contributed by atoms with Gasteiger partial charge in [0.2, 0.25) is 10.0 Å². The first-order valence-corrected chi connectivity index (χ1v) is 9.93. The summed E-state index contributed by atoms with van der Waals surface area (Å²) in [7, 11) is -2.71. The van der Waals surface area contributed by atoms with Gasteiger partial charge in [0.1, 0.15) is 9.77 Å². The molecule has 0 unspecified atom stereocenters. The van der Waals surface area contributed by atoms with E-state index < -0.39 is 28.7 Å². The van der Waals surface area contributed by atoms with Crippen LogP contribution in [-0.4, -0.2) is 58.8 Å². The average Bonchev–Trinajstić information content (AvgIpc) is 3.02. The van der Waals surface area contributed by atoms with Crippen LogP contribution >= 0.6 is 11.3 Å². The first kappa shape index (κ1) is 20.1. The van der Waals surface area contributed by atoms with Gasteiger partial charge >= 0.3 is 12.1 Å². The van der Waals surface area contributed by atoms with E-state index in [1.54, 1.807) is 0 Å². The lowest BCUT2D eigenvalue weighted by molar-refractivity contribution is -0.148. The molecule has 2 heterocycles. The lowest BCUT2D eigenvalue weighted by atomic mass is 9.97. The minimum atomic E-state index is -4.22. The molecule has 11 heteroatoms. The van der Waals surface area contributed by atoms with Gasteiger partial charge in [0, 0.05) is 6.54 Å². The quantitative estimate of drug-likeness (QED) is 0.740. The molecule has 1 fully saturated rings. The lowest BCUT2D eigenvalue weighted by Crippen LogP contribution is -2.42. The highest BCUT2D eigenvalue weighted by molar-refractivity contribution is 7.89. The number of nitrogens with zero attached hydrogens (tertiary/aromatic N) is 1. The van der Waals surface area contributed by atoms with Crippen LogP contribution in [0.15, 0.2) is 16.3 Å². The zero-order valence-electron chi connectivity index (χ0n) is 13.5. The van der Waals surface area contributed by atoms with Gasteiger partial charge in [0.15, 0.2) is 0 Å². The first-order chi connectivity index (χ1) is 11.6. The number of likely N-dealkylation sites (tertiary alicyclic amines) is 1. The van der Waals surface area contributed by atoms with E-state index in [1.165, 1.54) is 23.5 Å². The van der Waals surface area contributed by atoms with Crippen molar-refractivity contribution in [2.24, 2.45) is 5.92 Å². The summed E-state index contributed by atoms with van der Waals surface area (Å²) in [6.45, 7) is -0.267. The van der Waals surface area contributed by atoms with Crippen molar-refractivity contribution in [3.63, 3.8) is 0 Å². The molecular weight excluding hydrogens is 381 g/mol. The molecule has 0 saturated carbocycles. The molecule has 6 nitrogen and oxygen atoms in total. The monoisotopic (exact) mass is 400 g/mol. The Morgan fingerprint density at radius 1 is 1.40 bits per heavy atom. The summed E-state index contributed by atoms with van der Waals surface area (Å²) < 4.78 is 68.8. The Morgan fingerprint density at radius 3 is 2.60 bits per heavy atom. The fourth-order valence-corrected chi connectivity index (χ4v) is 5.11. The van der Waals surface area contributed by atoms with Gasteiger partial charge in [-0.1, -0.05) is 0 Å². The van der Waals surface area contributed by atoms with Crippen LogP contribution in [0.3, 0.4) is 0 Å². The predicted molar refractivity (Wildman–Crippen MR) is 86.1 cm³/mol. The summed E-state index contributed by atoms with van der Waals surface area (Å²) in [5.74, 6) is -0.768. The van der Waals surface area contributed by atoms with Crippen LogP contribution in [0.4, 0.5) is 13.2 Å². The SMILES string of the molecule is COC(=O)c1sccc1S(=O)(=O)NCC1CCN(CC(F)(F)F)CC1. The number of rotatable bonds is 6. The van der Waals surface area contributed by atoms with Crippen molar-refractivity contribution in [1.82, 2.24) is 9.62 Å². The summed E-state index contributed by atoms with van der Waals surface area (Å²) in [6.07, 6.45) is -3.27. The average molecular weight is 400 g/mol. The maximum absolute atomic E-state index is 12.4. The van der Waals surface area contributed by atoms with E-state index in [2.05, 4.69) is 9.46 Å². The van der Waals surface area contributed by atoms with Crippen molar-refractivity contribution in [1.29, 1.82) is 0 Å². The summed E-state index contributed by atoms with van der Waals surface area (Å²) in [5, 5.41) is 1.48. The van der Waals surface area contributed by atoms with E-state index in [0.29, 0.717) is 12.8 Å². The summed E-state index contributed by atoms with van der Waals surface area (Å²) in [6, 6.07) is 1.32. The third kappa shape index (κ3) is 5.66.